The summed E-state index contributed by atoms with van der Waals surface area (Å²) in [4.78, 5) is 0. The van der Waals surface area contributed by atoms with E-state index in [9.17, 15) is 5.11 Å². The van der Waals surface area contributed by atoms with Gasteiger partial charge in [0.15, 0.2) is 0 Å². The van der Waals surface area contributed by atoms with E-state index in [0.29, 0.717) is 6.61 Å². The molecule has 1 unspecified atom stereocenters. The van der Waals surface area contributed by atoms with E-state index in [1.807, 2.05) is 30.3 Å². The van der Waals surface area contributed by atoms with E-state index < -0.39 is 5.54 Å². The van der Waals surface area contributed by atoms with Gasteiger partial charge in [-0.15, -0.1) is 0 Å². The van der Waals surface area contributed by atoms with Gasteiger partial charge in [0.05, 0.1) is 24.9 Å². The fourth-order valence-electron chi connectivity index (χ4n) is 2.80. The minimum Gasteiger partial charge on any atom is -0.394 e. The highest BCUT2D eigenvalue weighted by Crippen LogP contribution is 2.24. The third-order valence-corrected chi connectivity index (χ3v) is 3.90. The molecule has 2 rings (SSSR count). The number of hydrogen-bond acceptors (Lipinski definition) is 4. The number of aliphatic hydroxyl groups is 1. The van der Waals surface area contributed by atoms with Gasteiger partial charge < -0.3 is 19.9 Å². The van der Waals surface area contributed by atoms with Crippen LogP contribution >= 0.6 is 0 Å². The zero-order valence-corrected chi connectivity index (χ0v) is 13.0. The molecule has 0 bridgehead atoms. The van der Waals surface area contributed by atoms with Crippen molar-refractivity contribution in [3.63, 3.8) is 0 Å². The average Bonchev–Trinajstić information content (AvgIpc) is 2.53. The SMILES string of the molecule is CC(C)NC(CO)(COC1CCOCC1)c1ccccc1. The Morgan fingerprint density at radius 3 is 2.52 bits per heavy atom. The maximum atomic E-state index is 10.0. The lowest BCUT2D eigenvalue weighted by molar-refractivity contribution is -0.0624. The molecule has 1 aliphatic rings. The number of aliphatic hydroxyl groups excluding tert-OH is 1. The molecule has 0 amide bonds. The Hall–Kier alpha value is -0.940. The lowest BCUT2D eigenvalue weighted by Gasteiger charge is -2.37. The lowest BCUT2D eigenvalue weighted by Crippen LogP contribution is -2.53. The van der Waals surface area contributed by atoms with Crippen LogP contribution in [0.5, 0.6) is 0 Å². The van der Waals surface area contributed by atoms with Gasteiger partial charge in [-0.2, -0.15) is 0 Å². The molecule has 118 valence electrons. The van der Waals surface area contributed by atoms with E-state index in [4.69, 9.17) is 9.47 Å². The molecule has 0 radical (unpaired) electrons. The van der Waals surface area contributed by atoms with Gasteiger partial charge >= 0.3 is 0 Å². The minimum atomic E-state index is -0.548. The molecule has 0 spiro atoms. The van der Waals surface area contributed by atoms with Crippen molar-refractivity contribution in [2.24, 2.45) is 0 Å². The molecule has 1 aromatic rings. The molecule has 1 fully saturated rings. The van der Waals surface area contributed by atoms with Crippen molar-refractivity contribution in [3.8, 4) is 0 Å². The average molecular weight is 293 g/mol. The van der Waals surface area contributed by atoms with Crippen LogP contribution in [0.3, 0.4) is 0 Å². The van der Waals surface area contributed by atoms with Crippen molar-refractivity contribution in [2.75, 3.05) is 26.4 Å². The Morgan fingerprint density at radius 1 is 1.29 bits per heavy atom. The first kappa shape index (κ1) is 16.4. The van der Waals surface area contributed by atoms with Gasteiger partial charge in [-0.1, -0.05) is 30.3 Å². The molecule has 4 nitrogen and oxygen atoms in total. The summed E-state index contributed by atoms with van der Waals surface area (Å²) in [5.41, 5.74) is 0.515. The summed E-state index contributed by atoms with van der Waals surface area (Å²) in [6.45, 7) is 6.18. The normalized spacial score (nSPS) is 19.6. The highest BCUT2D eigenvalue weighted by atomic mass is 16.5. The molecule has 21 heavy (non-hydrogen) atoms. The van der Waals surface area contributed by atoms with Crippen LogP contribution < -0.4 is 5.32 Å². The van der Waals surface area contributed by atoms with E-state index in [-0.39, 0.29) is 18.8 Å². The summed E-state index contributed by atoms with van der Waals surface area (Å²) >= 11 is 0. The molecule has 0 saturated carbocycles. The fourth-order valence-corrected chi connectivity index (χ4v) is 2.80. The van der Waals surface area contributed by atoms with Crippen molar-refractivity contribution in [1.29, 1.82) is 0 Å². The van der Waals surface area contributed by atoms with Crippen LogP contribution in [0.1, 0.15) is 32.3 Å². The minimum absolute atomic E-state index is 0.0123. The largest absolute Gasteiger partial charge is 0.394 e. The number of hydrogen-bond donors (Lipinski definition) is 2. The van der Waals surface area contributed by atoms with Gasteiger partial charge in [-0.25, -0.2) is 0 Å². The third-order valence-electron chi connectivity index (χ3n) is 3.90. The molecule has 1 heterocycles. The highest BCUT2D eigenvalue weighted by Gasteiger charge is 2.33. The number of rotatable bonds is 7. The van der Waals surface area contributed by atoms with Crippen molar-refractivity contribution < 1.29 is 14.6 Å². The second kappa shape index (κ2) is 7.90. The van der Waals surface area contributed by atoms with Gasteiger partial charge in [-0.3, -0.25) is 0 Å². The number of ether oxygens (including phenoxy) is 2. The molecule has 0 aromatic heterocycles. The summed E-state index contributed by atoms with van der Waals surface area (Å²) in [5.74, 6) is 0. The van der Waals surface area contributed by atoms with Crippen LogP contribution in [0.25, 0.3) is 0 Å². The highest BCUT2D eigenvalue weighted by molar-refractivity contribution is 5.25. The van der Waals surface area contributed by atoms with E-state index in [0.717, 1.165) is 31.6 Å². The number of nitrogens with one attached hydrogen (secondary N) is 1. The first-order valence-electron chi connectivity index (χ1n) is 7.80. The quantitative estimate of drug-likeness (QED) is 0.808. The molecule has 1 saturated heterocycles. The molecular weight excluding hydrogens is 266 g/mol. The lowest BCUT2D eigenvalue weighted by atomic mass is 9.90. The summed E-state index contributed by atoms with van der Waals surface area (Å²) in [6, 6.07) is 10.3. The Kier molecular flexibility index (Phi) is 6.18. The van der Waals surface area contributed by atoms with Crippen LogP contribution in [-0.4, -0.2) is 43.7 Å². The van der Waals surface area contributed by atoms with Gasteiger partial charge in [-0.05, 0) is 32.3 Å². The molecule has 1 aromatic carbocycles. The maximum Gasteiger partial charge on any atom is 0.0908 e. The summed E-state index contributed by atoms with van der Waals surface area (Å²) in [5, 5.41) is 13.5. The van der Waals surface area contributed by atoms with Crippen LogP contribution in [0.2, 0.25) is 0 Å². The standard InChI is InChI=1S/C17H27NO3/c1-14(2)18-17(12-19,15-6-4-3-5-7-15)13-21-16-8-10-20-11-9-16/h3-7,14,16,18-19H,8-13H2,1-2H3. The predicted octanol–water partition coefficient (Wildman–Crippen LogP) is 2.07. The zero-order valence-electron chi connectivity index (χ0n) is 13.0. The van der Waals surface area contributed by atoms with E-state index >= 15 is 0 Å². The Morgan fingerprint density at radius 2 is 1.95 bits per heavy atom. The maximum absolute atomic E-state index is 10.0. The van der Waals surface area contributed by atoms with Gasteiger partial charge in [0.1, 0.15) is 0 Å². The molecule has 1 atom stereocenters. The molecule has 0 aliphatic carbocycles. The number of benzene rings is 1. The zero-order chi connectivity index (χ0) is 15.1. The van der Waals surface area contributed by atoms with E-state index in [2.05, 4.69) is 19.2 Å². The Labute approximate surface area is 127 Å². The smallest absolute Gasteiger partial charge is 0.0908 e. The Balaban J connectivity index is 2.10. The third kappa shape index (κ3) is 4.51. The predicted molar refractivity (Wildman–Crippen MR) is 83.3 cm³/mol. The summed E-state index contributed by atoms with van der Waals surface area (Å²) in [6.07, 6.45) is 2.08. The van der Waals surface area contributed by atoms with E-state index in [1.54, 1.807) is 0 Å². The van der Waals surface area contributed by atoms with Gasteiger partial charge in [0, 0.05) is 19.3 Å². The van der Waals surface area contributed by atoms with Gasteiger partial charge in [0.2, 0.25) is 0 Å². The van der Waals surface area contributed by atoms with Crippen molar-refractivity contribution in [2.45, 2.75) is 44.4 Å². The van der Waals surface area contributed by atoms with Gasteiger partial charge in [0.25, 0.3) is 0 Å². The molecule has 4 heteroatoms. The summed E-state index contributed by atoms with van der Waals surface area (Å²) in [7, 11) is 0. The van der Waals surface area contributed by atoms with Crippen LogP contribution in [0, 0.1) is 0 Å². The van der Waals surface area contributed by atoms with Crippen molar-refractivity contribution in [1.82, 2.24) is 5.32 Å². The first-order chi connectivity index (χ1) is 10.2. The second-order valence-corrected chi connectivity index (χ2v) is 6.03. The van der Waals surface area contributed by atoms with Crippen molar-refractivity contribution >= 4 is 0 Å². The van der Waals surface area contributed by atoms with Crippen LogP contribution in [0.4, 0.5) is 0 Å². The summed E-state index contributed by atoms with van der Waals surface area (Å²) < 4.78 is 11.5. The Bertz CT molecular complexity index is 404. The van der Waals surface area contributed by atoms with Crippen LogP contribution in [-0.2, 0) is 15.0 Å². The van der Waals surface area contributed by atoms with E-state index in [1.165, 1.54) is 0 Å². The first-order valence-corrected chi connectivity index (χ1v) is 7.80. The van der Waals surface area contributed by atoms with Crippen LogP contribution in [0.15, 0.2) is 30.3 Å². The van der Waals surface area contributed by atoms with Crippen molar-refractivity contribution in [3.05, 3.63) is 35.9 Å². The topological polar surface area (TPSA) is 50.7 Å². The fraction of sp³-hybridized carbons (Fsp3) is 0.647. The molecular formula is C17H27NO3. The molecule has 2 N–H and O–H groups in total. The molecule has 1 aliphatic heterocycles. The monoisotopic (exact) mass is 293 g/mol. The second-order valence-electron chi connectivity index (χ2n) is 6.03.